The molecule has 3 nitrogen and oxygen atoms in total. The largest absolute Gasteiger partial charge is 0.335 e. The lowest BCUT2D eigenvalue weighted by Crippen LogP contribution is -2.39. The van der Waals surface area contributed by atoms with Crippen molar-refractivity contribution in [1.29, 1.82) is 0 Å². The predicted octanol–water partition coefficient (Wildman–Crippen LogP) is 4.99. The van der Waals surface area contributed by atoms with Gasteiger partial charge in [0.15, 0.2) is 0 Å². The minimum Gasteiger partial charge on any atom is -0.335 e. The molecule has 1 saturated heterocycles. The summed E-state index contributed by atoms with van der Waals surface area (Å²) in [4.78, 5) is 16.4. The van der Waals surface area contributed by atoms with Crippen LogP contribution in [0.5, 0.6) is 0 Å². The Morgan fingerprint density at radius 3 is 2.77 bits per heavy atom. The van der Waals surface area contributed by atoms with E-state index in [0.717, 1.165) is 30.4 Å². The molecule has 7 heteroatoms. The molecule has 3 heterocycles. The Balaban J connectivity index is 0.00000196. The third-order valence-electron chi connectivity index (χ3n) is 5.59. The Morgan fingerprint density at radius 1 is 1.31 bits per heavy atom. The number of carbonyl (C=O) groups is 1. The van der Waals surface area contributed by atoms with Gasteiger partial charge in [0, 0.05) is 23.9 Å². The predicted molar refractivity (Wildman–Crippen MR) is 113 cm³/mol. The summed E-state index contributed by atoms with van der Waals surface area (Å²) in [5.41, 5.74) is 1.64. The lowest BCUT2D eigenvalue weighted by atomic mass is 9.93. The number of carbonyl (C=O) groups excluding carboxylic acids is 1. The highest BCUT2D eigenvalue weighted by molar-refractivity contribution is 7.16. The number of nitrogens with one attached hydrogen (secondary N) is 1. The van der Waals surface area contributed by atoms with E-state index in [1.807, 2.05) is 12.1 Å². The van der Waals surface area contributed by atoms with E-state index in [0.29, 0.717) is 17.9 Å². The van der Waals surface area contributed by atoms with Gasteiger partial charge in [0.2, 0.25) is 5.91 Å². The lowest BCUT2D eigenvalue weighted by molar-refractivity contribution is -0.133. The summed E-state index contributed by atoms with van der Waals surface area (Å²) in [6, 6.07) is 6.52. The molecule has 2 aromatic rings. The van der Waals surface area contributed by atoms with Gasteiger partial charge in [0.25, 0.3) is 0 Å². The molecule has 1 N–H and O–H groups in total. The van der Waals surface area contributed by atoms with E-state index in [1.165, 1.54) is 29.7 Å². The maximum atomic E-state index is 13.0. The number of rotatable bonds is 6. The van der Waals surface area contributed by atoms with Crippen molar-refractivity contribution >= 4 is 52.6 Å². The van der Waals surface area contributed by atoms with Crippen LogP contribution in [-0.4, -0.2) is 29.9 Å². The van der Waals surface area contributed by atoms with Crippen molar-refractivity contribution in [2.75, 3.05) is 13.1 Å². The highest BCUT2D eigenvalue weighted by atomic mass is 35.5. The molecule has 2 aliphatic rings. The van der Waals surface area contributed by atoms with E-state index in [2.05, 4.69) is 27.0 Å². The molecule has 1 saturated carbocycles. The number of amides is 1. The lowest BCUT2D eigenvalue weighted by Gasteiger charge is -2.29. The van der Waals surface area contributed by atoms with Crippen molar-refractivity contribution in [3.05, 3.63) is 43.7 Å². The van der Waals surface area contributed by atoms with Crippen LogP contribution in [0.1, 0.15) is 36.1 Å². The zero-order valence-electron chi connectivity index (χ0n) is 14.6. The van der Waals surface area contributed by atoms with Crippen molar-refractivity contribution in [2.45, 2.75) is 44.7 Å². The number of aryl methyl sites for hydroxylation is 1. The summed E-state index contributed by atoms with van der Waals surface area (Å²) < 4.78 is 0.799. The molecule has 2 aromatic heterocycles. The number of piperidine rings is 1. The molecule has 0 radical (unpaired) electrons. The summed E-state index contributed by atoms with van der Waals surface area (Å²) in [6.07, 6.45) is 4.94. The molecule has 1 spiro atoms. The maximum absolute atomic E-state index is 13.0. The number of hydrogen-bond acceptors (Lipinski definition) is 4. The first-order valence-corrected chi connectivity index (χ1v) is 11.1. The Hall–Kier alpha value is -0.590. The number of thiophene rings is 2. The summed E-state index contributed by atoms with van der Waals surface area (Å²) in [5, 5.41) is 7.71. The van der Waals surface area contributed by atoms with Gasteiger partial charge >= 0.3 is 0 Å². The van der Waals surface area contributed by atoms with Gasteiger partial charge in [-0.15, -0.1) is 23.7 Å². The third-order valence-corrected chi connectivity index (χ3v) is 7.61. The topological polar surface area (TPSA) is 32.3 Å². The smallest absolute Gasteiger partial charge is 0.223 e. The SMILES string of the molecule is Cl.O=C(CCc1ccc(Cl)s1)N(Cc1ccsc1)C1CC12CCNCC2. The molecule has 2 fully saturated rings. The fourth-order valence-electron chi connectivity index (χ4n) is 4.04. The van der Waals surface area contributed by atoms with Gasteiger partial charge in [0.05, 0.1) is 4.34 Å². The van der Waals surface area contributed by atoms with E-state index >= 15 is 0 Å². The zero-order chi connectivity index (χ0) is 17.3. The normalized spacial score (nSPS) is 20.6. The number of hydrogen-bond donors (Lipinski definition) is 1. The molecule has 1 unspecified atom stereocenters. The number of halogens is 2. The monoisotopic (exact) mass is 430 g/mol. The second kappa shape index (κ2) is 8.61. The summed E-state index contributed by atoms with van der Waals surface area (Å²) >= 11 is 9.29. The second-order valence-electron chi connectivity index (χ2n) is 7.19. The minimum absolute atomic E-state index is 0. The highest BCUT2D eigenvalue weighted by Crippen LogP contribution is 2.56. The Bertz CT molecular complexity index is 726. The standard InChI is InChI=1S/C19H23ClN2OS2.ClH/c20-17-3-1-15(25-17)2-4-18(23)22(12-14-5-10-24-13-14)16-11-19(16)6-8-21-9-7-19;/h1,3,5,10,13,16,21H,2,4,6-9,11-12H2;1H. The van der Waals surface area contributed by atoms with Crippen molar-refractivity contribution in [3.8, 4) is 0 Å². The molecule has 4 rings (SSSR count). The molecule has 0 aromatic carbocycles. The average Bonchev–Trinajstić information content (AvgIpc) is 2.99. The molecule has 1 atom stereocenters. The molecular weight excluding hydrogens is 407 g/mol. The Kier molecular flexibility index (Phi) is 6.68. The van der Waals surface area contributed by atoms with Crippen LogP contribution in [-0.2, 0) is 17.8 Å². The van der Waals surface area contributed by atoms with Crippen LogP contribution < -0.4 is 5.32 Å². The van der Waals surface area contributed by atoms with Crippen molar-refractivity contribution in [1.82, 2.24) is 10.2 Å². The first kappa shape index (κ1) is 20.2. The molecule has 1 amide bonds. The van der Waals surface area contributed by atoms with Crippen LogP contribution in [0.4, 0.5) is 0 Å². The van der Waals surface area contributed by atoms with Crippen molar-refractivity contribution in [3.63, 3.8) is 0 Å². The third kappa shape index (κ3) is 4.45. The Morgan fingerprint density at radius 2 is 2.12 bits per heavy atom. The van der Waals surface area contributed by atoms with Crippen molar-refractivity contribution in [2.24, 2.45) is 5.41 Å². The van der Waals surface area contributed by atoms with E-state index in [9.17, 15) is 4.79 Å². The molecule has 1 aliphatic carbocycles. The second-order valence-corrected chi connectivity index (χ2v) is 9.77. The van der Waals surface area contributed by atoms with Gasteiger partial charge in [-0.2, -0.15) is 11.3 Å². The summed E-state index contributed by atoms with van der Waals surface area (Å²) in [7, 11) is 0. The van der Waals surface area contributed by atoms with Crippen LogP contribution in [0.25, 0.3) is 0 Å². The molecule has 1 aliphatic heterocycles. The fourth-order valence-corrected chi connectivity index (χ4v) is 5.79. The number of nitrogens with zero attached hydrogens (tertiary/aromatic N) is 1. The van der Waals surface area contributed by atoms with Crippen LogP contribution in [0, 0.1) is 5.41 Å². The minimum atomic E-state index is 0. The quantitative estimate of drug-likeness (QED) is 0.699. The van der Waals surface area contributed by atoms with E-state index in [4.69, 9.17) is 11.6 Å². The highest BCUT2D eigenvalue weighted by Gasteiger charge is 2.57. The zero-order valence-corrected chi connectivity index (χ0v) is 17.8. The first-order valence-electron chi connectivity index (χ1n) is 8.92. The van der Waals surface area contributed by atoms with E-state index in [1.54, 1.807) is 22.7 Å². The van der Waals surface area contributed by atoms with E-state index in [-0.39, 0.29) is 18.3 Å². The average molecular weight is 431 g/mol. The van der Waals surface area contributed by atoms with Crippen LogP contribution in [0.3, 0.4) is 0 Å². The summed E-state index contributed by atoms with van der Waals surface area (Å²) in [5.74, 6) is 0.288. The van der Waals surface area contributed by atoms with Gasteiger partial charge < -0.3 is 10.2 Å². The van der Waals surface area contributed by atoms with Crippen LogP contribution >= 0.6 is 46.7 Å². The van der Waals surface area contributed by atoms with Crippen molar-refractivity contribution < 1.29 is 4.79 Å². The van der Waals surface area contributed by atoms with Gasteiger partial charge in [-0.25, -0.2) is 0 Å². The molecular formula is C19H24Cl2N2OS2. The van der Waals surface area contributed by atoms with Gasteiger partial charge in [0.1, 0.15) is 0 Å². The van der Waals surface area contributed by atoms with Gasteiger partial charge in [-0.3, -0.25) is 4.79 Å². The first-order chi connectivity index (χ1) is 12.2. The fraction of sp³-hybridized carbons (Fsp3) is 0.526. The maximum Gasteiger partial charge on any atom is 0.223 e. The van der Waals surface area contributed by atoms with Gasteiger partial charge in [-0.05, 0) is 78.7 Å². The molecule has 0 bridgehead atoms. The van der Waals surface area contributed by atoms with E-state index < -0.39 is 0 Å². The van der Waals surface area contributed by atoms with Gasteiger partial charge in [-0.1, -0.05) is 11.6 Å². The van der Waals surface area contributed by atoms with Crippen LogP contribution in [0.2, 0.25) is 4.34 Å². The summed E-state index contributed by atoms with van der Waals surface area (Å²) in [6.45, 7) is 2.93. The molecule has 26 heavy (non-hydrogen) atoms. The Labute approximate surface area is 174 Å². The van der Waals surface area contributed by atoms with Crippen LogP contribution in [0.15, 0.2) is 29.0 Å². The molecule has 142 valence electrons.